The van der Waals surface area contributed by atoms with E-state index in [1.165, 1.54) is 35.4 Å². The Balaban J connectivity index is 1.40. The maximum Gasteiger partial charge on any atom is 0.416 e. The van der Waals surface area contributed by atoms with Gasteiger partial charge in [0.25, 0.3) is 5.91 Å². The highest BCUT2D eigenvalue weighted by Gasteiger charge is 2.32. The van der Waals surface area contributed by atoms with E-state index in [9.17, 15) is 18.0 Å². The standard InChI is InChI=1S/C25H27F3N4OS/c1-15(2)21-29-22(20-18-8-3-4-9-19(18)34-23(20)30-21)31-10-12-32(13-11-31)24(33)16-6-5-7-17(14-16)25(26,27)28/h5-7,14-15H,3-4,8-13H2,1-2H3. The lowest BCUT2D eigenvalue weighted by molar-refractivity contribution is -0.137. The molecule has 1 aliphatic heterocycles. The molecule has 180 valence electrons. The highest BCUT2D eigenvalue weighted by atomic mass is 32.1. The number of halogens is 3. The van der Waals surface area contributed by atoms with Crippen LogP contribution in [0.4, 0.5) is 19.0 Å². The van der Waals surface area contributed by atoms with Gasteiger partial charge < -0.3 is 9.80 Å². The molecule has 5 nitrogen and oxygen atoms in total. The maximum absolute atomic E-state index is 13.1. The number of thiophene rings is 1. The fourth-order valence-corrected chi connectivity index (χ4v) is 6.04. The average Bonchev–Trinajstić information content (AvgIpc) is 3.21. The number of aryl methyl sites for hydroxylation is 2. The first-order chi connectivity index (χ1) is 16.2. The van der Waals surface area contributed by atoms with Crippen molar-refractivity contribution in [1.82, 2.24) is 14.9 Å². The summed E-state index contributed by atoms with van der Waals surface area (Å²) in [5, 5.41) is 1.15. The molecular formula is C25H27F3N4OS. The van der Waals surface area contributed by atoms with Crippen LogP contribution >= 0.6 is 11.3 Å². The number of alkyl halides is 3. The van der Waals surface area contributed by atoms with E-state index in [0.717, 1.165) is 46.8 Å². The predicted octanol–water partition coefficient (Wildman–Crippen LogP) is 5.67. The Kier molecular flexibility index (Phi) is 6.00. The van der Waals surface area contributed by atoms with E-state index in [2.05, 4.69) is 18.7 Å². The van der Waals surface area contributed by atoms with Gasteiger partial charge in [-0.1, -0.05) is 19.9 Å². The predicted molar refractivity (Wildman–Crippen MR) is 128 cm³/mol. The van der Waals surface area contributed by atoms with E-state index in [0.29, 0.717) is 26.2 Å². The number of benzene rings is 1. The number of piperazine rings is 1. The molecule has 0 spiro atoms. The van der Waals surface area contributed by atoms with E-state index in [1.54, 1.807) is 16.2 Å². The molecule has 1 fully saturated rings. The lowest BCUT2D eigenvalue weighted by atomic mass is 9.96. The first-order valence-corrected chi connectivity index (χ1v) is 12.6. The highest BCUT2D eigenvalue weighted by Crippen LogP contribution is 2.40. The third kappa shape index (κ3) is 4.26. The van der Waals surface area contributed by atoms with Gasteiger partial charge in [-0.3, -0.25) is 4.79 Å². The maximum atomic E-state index is 13.1. The molecule has 1 amide bonds. The second-order valence-electron chi connectivity index (χ2n) is 9.31. The number of fused-ring (bicyclic) bond motifs is 3. The topological polar surface area (TPSA) is 49.3 Å². The highest BCUT2D eigenvalue weighted by molar-refractivity contribution is 7.19. The van der Waals surface area contributed by atoms with E-state index in [-0.39, 0.29) is 17.4 Å². The Bertz CT molecular complexity index is 1230. The molecule has 9 heteroatoms. The number of hydrogen-bond acceptors (Lipinski definition) is 5. The van der Waals surface area contributed by atoms with Gasteiger partial charge in [-0.2, -0.15) is 13.2 Å². The van der Waals surface area contributed by atoms with Crippen molar-refractivity contribution in [2.75, 3.05) is 31.1 Å². The van der Waals surface area contributed by atoms with Crippen LogP contribution in [0.2, 0.25) is 0 Å². The second-order valence-corrected chi connectivity index (χ2v) is 10.4. The Morgan fingerprint density at radius 1 is 1.06 bits per heavy atom. The number of hydrogen-bond donors (Lipinski definition) is 0. The van der Waals surface area contributed by atoms with Gasteiger partial charge in [-0.15, -0.1) is 11.3 Å². The van der Waals surface area contributed by atoms with Crippen molar-refractivity contribution in [3.05, 3.63) is 51.7 Å². The molecule has 0 N–H and O–H groups in total. The zero-order valence-electron chi connectivity index (χ0n) is 19.3. The Morgan fingerprint density at radius 2 is 1.79 bits per heavy atom. The molecule has 1 saturated heterocycles. The second kappa shape index (κ2) is 8.83. The number of carbonyl (C=O) groups is 1. The average molecular weight is 489 g/mol. The van der Waals surface area contributed by atoms with Crippen LogP contribution in [0.5, 0.6) is 0 Å². The first-order valence-electron chi connectivity index (χ1n) is 11.8. The van der Waals surface area contributed by atoms with Gasteiger partial charge in [0.15, 0.2) is 0 Å². The number of aromatic nitrogens is 2. The summed E-state index contributed by atoms with van der Waals surface area (Å²) in [5.41, 5.74) is 0.643. The van der Waals surface area contributed by atoms with Crippen LogP contribution in [0.25, 0.3) is 10.2 Å². The van der Waals surface area contributed by atoms with Crippen molar-refractivity contribution < 1.29 is 18.0 Å². The molecule has 0 radical (unpaired) electrons. The molecule has 34 heavy (non-hydrogen) atoms. The summed E-state index contributed by atoms with van der Waals surface area (Å²) in [4.78, 5) is 29.1. The van der Waals surface area contributed by atoms with E-state index in [1.807, 2.05) is 0 Å². The summed E-state index contributed by atoms with van der Waals surface area (Å²) in [6.07, 6.45) is 0.0351. The van der Waals surface area contributed by atoms with Crippen LogP contribution in [-0.2, 0) is 19.0 Å². The van der Waals surface area contributed by atoms with Crippen molar-refractivity contribution in [1.29, 1.82) is 0 Å². The quantitative estimate of drug-likeness (QED) is 0.476. The molecule has 0 bridgehead atoms. The minimum atomic E-state index is -4.47. The van der Waals surface area contributed by atoms with Crippen molar-refractivity contribution in [2.45, 2.75) is 51.6 Å². The lowest BCUT2D eigenvalue weighted by Crippen LogP contribution is -2.49. The monoisotopic (exact) mass is 488 g/mol. The van der Waals surface area contributed by atoms with Crippen LogP contribution in [-0.4, -0.2) is 47.0 Å². The molecule has 0 saturated carbocycles. The number of amides is 1. The van der Waals surface area contributed by atoms with E-state index in [4.69, 9.17) is 9.97 Å². The summed E-state index contributed by atoms with van der Waals surface area (Å²) >= 11 is 1.78. The zero-order valence-corrected chi connectivity index (χ0v) is 20.1. The molecule has 1 aliphatic carbocycles. The Morgan fingerprint density at radius 3 is 2.50 bits per heavy atom. The number of nitrogens with zero attached hydrogens (tertiary/aromatic N) is 4. The van der Waals surface area contributed by atoms with Gasteiger partial charge in [0.05, 0.1) is 10.9 Å². The van der Waals surface area contributed by atoms with E-state index >= 15 is 0 Å². The minimum Gasteiger partial charge on any atom is -0.352 e. The van der Waals surface area contributed by atoms with Gasteiger partial charge in [0, 0.05) is 42.5 Å². The molecule has 3 aromatic rings. The van der Waals surface area contributed by atoms with Crippen molar-refractivity contribution >= 4 is 33.3 Å². The van der Waals surface area contributed by atoms with Gasteiger partial charge in [0.2, 0.25) is 0 Å². The SMILES string of the molecule is CC(C)c1nc(N2CCN(C(=O)c3cccc(C(F)(F)F)c3)CC2)c2c3c(sc2n1)CCCC3. The third-order valence-electron chi connectivity index (χ3n) is 6.63. The van der Waals surface area contributed by atoms with Gasteiger partial charge in [-0.25, -0.2) is 9.97 Å². The van der Waals surface area contributed by atoms with Crippen LogP contribution in [0.3, 0.4) is 0 Å². The summed E-state index contributed by atoms with van der Waals surface area (Å²) in [5.74, 6) is 1.60. The number of anilines is 1. The largest absolute Gasteiger partial charge is 0.416 e. The smallest absolute Gasteiger partial charge is 0.352 e. The molecular weight excluding hydrogens is 461 g/mol. The summed E-state index contributed by atoms with van der Waals surface area (Å²) in [6, 6.07) is 4.67. The molecule has 1 aromatic carbocycles. The van der Waals surface area contributed by atoms with Crippen LogP contribution in [0, 0.1) is 0 Å². The van der Waals surface area contributed by atoms with Crippen LogP contribution in [0.15, 0.2) is 24.3 Å². The molecule has 0 unspecified atom stereocenters. The normalized spacial score (nSPS) is 16.9. The zero-order chi connectivity index (χ0) is 24.0. The van der Waals surface area contributed by atoms with Gasteiger partial charge in [-0.05, 0) is 49.4 Å². The number of rotatable bonds is 3. The molecule has 0 atom stereocenters. The molecule has 3 heterocycles. The first kappa shape index (κ1) is 23.1. The molecule has 5 rings (SSSR count). The molecule has 2 aromatic heterocycles. The van der Waals surface area contributed by atoms with Crippen LogP contribution < -0.4 is 4.90 Å². The lowest BCUT2D eigenvalue weighted by Gasteiger charge is -2.36. The summed E-state index contributed by atoms with van der Waals surface area (Å²) in [7, 11) is 0. The summed E-state index contributed by atoms with van der Waals surface area (Å²) in [6.45, 7) is 6.21. The summed E-state index contributed by atoms with van der Waals surface area (Å²) < 4.78 is 39.2. The van der Waals surface area contributed by atoms with Crippen molar-refractivity contribution in [3.63, 3.8) is 0 Å². The van der Waals surface area contributed by atoms with E-state index < -0.39 is 11.7 Å². The van der Waals surface area contributed by atoms with Gasteiger partial charge >= 0.3 is 6.18 Å². The van der Waals surface area contributed by atoms with Gasteiger partial charge in [0.1, 0.15) is 16.5 Å². The fraction of sp³-hybridized carbons (Fsp3) is 0.480. The Labute approximate surface area is 200 Å². The van der Waals surface area contributed by atoms with Crippen molar-refractivity contribution in [2.24, 2.45) is 0 Å². The molecule has 2 aliphatic rings. The van der Waals surface area contributed by atoms with Crippen molar-refractivity contribution in [3.8, 4) is 0 Å². The number of carbonyl (C=O) groups excluding carboxylic acids is 1. The fourth-order valence-electron chi connectivity index (χ4n) is 4.77. The Hall–Kier alpha value is -2.68. The minimum absolute atomic E-state index is 0.0710. The van der Waals surface area contributed by atoms with Crippen LogP contribution in [0.1, 0.15) is 64.8 Å². The third-order valence-corrected chi connectivity index (χ3v) is 7.82.